The maximum Gasteiger partial charge on any atom is 0.256 e. The number of anilines is 2. The molecule has 4 aromatic rings. The van der Waals surface area contributed by atoms with E-state index in [-0.39, 0.29) is 11.4 Å². The van der Waals surface area contributed by atoms with Crippen molar-refractivity contribution in [2.24, 2.45) is 10.7 Å². The number of aromatic nitrogens is 2. The number of primary amides is 1. The third-order valence-electron chi connectivity index (χ3n) is 4.24. The number of amides is 1. The van der Waals surface area contributed by atoms with Crippen LogP contribution in [0.2, 0.25) is 5.02 Å². The van der Waals surface area contributed by atoms with Crippen molar-refractivity contribution in [3.8, 4) is 0 Å². The standard InChI is InChI=1S/C21H16ClN5O/c22-15-8-4-9-16(11-15)25-21-18(19(23)28)20(26-27-21)24-12-14-7-3-6-13-5-1-2-10-17(13)14/h1-12H,(H2,23,28)(H2,25,26,27). The van der Waals surface area contributed by atoms with Gasteiger partial charge in [-0.1, -0.05) is 60.1 Å². The molecular weight excluding hydrogens is 374 g/mol. The van der Waals surface area contributed by atoms with E-state index in [0.29, 0.717) is 16.5 Å². The summed E-state index contributed by atoms with van der Waals surface area (Å²) in [6.07, 6.45) is 1.67. The molecule has 4 N–H and O–H groups in total. The number of rotatable bonds is 5. The number of nitrogens with zero attached hydrogens (tertiary/aromatic N) is 2. The number of halogens is 1. The SMILES string of the molecule is NC(=O)c1c(N=Cc2cccc3ccccc23)n[nH]c1Nc1cccc(Cl)c1. The van der Waals surface area contributed by atoms with Gasteiger partial charge in [-0.3, -0.25) is 9.89 Å². The zero-order valence-corrected chi connectivity index (χ0v) is 15.4. The molecular formula is C21H16ClN5O. The molecule has 0 saturated heterocycles. The van der Waals surface area contributed by atoms with E-state index in [1.807, 2.05) is 48.5 Å². The Balaban J connectivity index is 1.69. The predicted octanol–water partition coefficient (Wildman–Crippen LogP) is 4.81. The Labute approximate surface area is 166 Å². The van der Waals surface area contributed by atoms with Crippen LogP contribution in [0.15, 0.2) is 71.7 Å². The largest absolute Gasteiger partial charge is 0.365 e. The number of hydrogen-bond acceptors (Lipinski definition) is 4. The Morgan fingerprint density at radius 3 is 2.71 bits per heavy atom. The molecule has 0 fully saturated rings. The summed E-state index contributed by atoms with van der Waals surface area (Å²) in [5, 5.41) is 12.7. The number of carbonyl (C=O) groups is 1. The van der Waals surface area contributed by atoms with Crippen molar-refractivity contribution in [1.82, 2.24) is 10.2 Å². The summed E-state index contributed by atoms with van der Waals surface area (Å²) < 4.78 is 0. The zero-order valence-electron chi connectivity index (χ0n) is 14.7. The van der Waals surface area contributed by atoms with Gasteiger partial charge in [-0.25, -0.2) is 4.99 Å². The van der Waals surface area contributed by atoms with Gasteiger partial charge >= 0.3 is 0 Å². The number of fused-ring (bicyclic) bond motifs is 1. The number of nitrogens with two attached hydrogens (primary N) is 1. The molecule has 7 heteroatoms. The van der Waals surface area contributed by atoms with Crippen molar-refractivity contribution in [2.75, 3.05) is 5.32 Å². The lowest BCUT2D eigenvalue weighted by molar-refractivity contribution is 0.100. The van der Waals surface area contributed by atoms with Crippen LogP contribution in [-0.4, -0.2) is 22.3 Å². The Morgan fingerprint density at radius 1 is 1.11 bits per heavy atom. The Hall–Kier alpha value is -3.64. The lowest BCUT2D eigenvalue weighted by Gasteiger charge is -2.05. The lowest BCUT2D eigenvalue weighted by Crippen LogP contribution is -2.12. The Morgan fingerprint density at radius 2 is 1.89 bits per heavy atom. The first-order valence-electron chi connectivity index (χ1n) is 8.54. The fraction of sp³-hybridized carbons (Fsp3) is 0. The Kier molecular flexibility index (Phi) is 4.78. The highest BCUT2D eigenvalue weighted by Crippen LogP contribution is 2.27. The highest BCUT2D eigenvalue weighted by molar-refractivity contribution is 6.30. The van der Waals surface area contributed by atoms with Gasteiger partial charge in [0.1, 0.15) is 11.4 Å². The molecule has 3 aromatic carbocycles. The summed E-state index contributed by atoms with van der Waals surface area (Å²) in [4.78, 5) is 16.4. The molecule has 0 radical (unpaired) electrons. The van der Waals surface area contributed by atoms with Crippen LogP contribution in [0.1, 0.15) is 15.9 Å². The smallest absolute Gasteiger partial charge is 0.256 e. The topological polar surface area (TPSA) is 96.2 Å². The third kappa shape index (κ3) is 3.58. The predicted molar refractivity (Wildman–Crippen MR) is 113 cm³/mol. The molecule has 1 aromatic heterocycles. The number of aliphatic imine (C=N–C) groups is 1. The third-order valence-corrected chi connectivity index (χ3v) is 4.47. The molecule has 0 atom stereocenters. The monoisotopic (exact) mass is 389 g/mol. The second-order valence-electron chi connectivity index (χ2n) is 6.12. The number of H-pyrrole nitrogens is 1. The zero-order chi connectivity index (χ0) is 19.5. The summed E-state index contributed by atoms with van der Waals surface area (Å²) in [6.45, 7) is 0. The van der Waals surface area contributed by atoms with E-state index in [0.717, 1.165) is 16.3 Å². The number of aromatic amines is 1. The minimum Gasteiger partial charge on any atom is -0.365 e. The fourth-order valence-electron chi connectivity index (χ4n) is 2.95. The van der Waals surface area contributed by atoms with Gasteiger partial charge < -0.3 is 11.1 Å². The highest BCUT2D eigenvalue weighted by Gasteiger charge is 2.18. The fourth-order valence-corrected chi connectivity index (χ4v) is 3.14. The first-order chi connectivity index (χ1) is 13.6. The molecule has 0 aliphatic heterocycles. The summed E-state index contributed by atoms with van der Waals surface area (Å²) in [5.41, 5.74) is 7.36. The van der Waals surface area contributed by atoms with Gasteiger partial charge in [0.25, 0.3) is 5.91 Å². The number of nitrogens with one attached hydrogen (secondary N) is 2. The van der Waals surface area contributed by atoms with Gasteiger partial charge in [-0.15, -0.1) is 0 Å². The second kappa shape index (κ2) is 7.54. The number of carbonyl (C=O) groups excluding carboxylic acids is 1. The molecule has 0 bridgehead atoms. The minimum atomic E-state index is -0.636. The van der Waals surface area contributed by atoms with Gasteiger partial charge in [0.05, 0.1) is 0 Å². The summed E-state index contributed by atoms with van der Waals surface area (Å²) >= 11 is 6.00. The van der Waals surface area contributed by atoms with Crippen LogP contribution in [-0.2, 0) is 0 Å². The van der Waals surface area contributed by atoms with E-state index >= 15 is 0 Å². The first-order valence-corrected chi connectivity index (χ1v) is 8.92. The normalized spacial score (nSPS) is 11.2. The van der Waals surface area contributed by atoms with Gasteiger partial charge in [0.2, 0.25) is 0 Å². The van der Waals surface area contributed by atoms with Gasteiger partial charge in [-0.05, 0) is 29.0 Å². The molecule has 28 heavy (non-hydrogen) atoms. The van der Waals surface area contributed by atoms with Crippen molar-refractivity contribution < 1.29 is 4.79 Å². The van der Waals surface area contributed by atoms with Crippen LogP contribution in [0.4, 0.5) is 17.3 Å². The first kappa shape index (κ1) is 17.8. The van der Waals surface area contributed by atoms with E-state index in [1.165, 1.54) is 0 Å². The molecule has 0 aliphatic carbocycles. The lowest BCUT2D eigenvalue weighted by atomic mass is 10.1. The van der Waals surface area contributed by atoms with Gasteiger partial charge in [-0.2, -0.15) is 5.10 Å². The van der Waals surface area contributed by atoms with Crippen LogP contribution < -0.4 is 11.1 Å². The molecule has 0 aliphatic rings. The van der Waals surface area contributed by atoms with Crippen LogP contribution >= 0.6 is 11.6 Å². The van der Waals surface area contributed by atoms with E-state index in [9.17, 15) is 4.79 Å². The van der Waals surface area contributed by atoms with Gasteiger partial charge in [0.15, 0.2) is 5.82 Å². The van der Waals surface area contributed by atoms with Crippen molar-refractivity contribution >= 4 is 51.8 Å². The van der Waals surface area contributed by atoms with Crippen LogP contribution in [0.5, 0.6) is 0 Å². The van der Waals surface area contributed by atoms with Crippen molar-refractivity contribution in [2.45, 2.75) is 0 Å². The van der Waals surface area contributed by atoms with E-state index < -0.39 is 5.91 Å². The second-order valence-corrected chi connectivity index (χ2v) is 6.56. The molecule has 4 rings (SSSR count). The van der Waals surface area contributed by atoms with E-state index in [1.54, 1.807) is 24.4 Å². The summed E-state index contributed by atoms with van der Waals surface area (Å²) in [6, 6.07) is 21.0. The summed E-state index contributed by atoms with van der Waals surface area (Å²) in [5.74, 6) is -0.0619. The van der Waals surface area contributed by atoms with E-state index in [4.69, 9.17) is 17.3 Å². The molecule has 1 amide bonds. The van der Waals surface area contributed by atoms with Crippen molar-refractivity contribution in [3.05, 3.63) is 82.9 Å². The van der Waals surface area contributed by atoms with E-state index in [2.05, 4.69) is 20.5 Å². The quantitative estimate of drug-likeness (QED) is 0.427. The van der Waals surface area contributed by atoms with Crippen LogP contribution in [0.3, 0.4) is 0 Å². The molecule has 0 saturated carbocycles. The summed E-state index contributed by atoms with van der Waals surface area (Å²) in [7, 11) is 0. The number of hydrogen-bond donors (Lipinski definition) is 3. The molecule has 138 valence electrons. The minimum absolute atomic E-state index is 0.177. The van der Waals surface area contributed by atoms with Crippen molar-refractivity contribution in [3.63, 3.8) is 0 Å². The Bertz CT molecular complexity index is 1190. The molecule has 0 spiro atoms. The molecule has 0 unspecified atom stereocenters. The maximum absolute atomic E-state index is 12.0. The van der Waals surface area contributed by atoms with Gasteiger partial charge in [0, 0.05) is 22.5 Å². The average molecular weight is 390 g/mol. The highest BCUT2D eigenvalue weighted by atomic mass is 35.5. The molecule has 6 nitrogen and oxygen atoms in total. The maximum atomic E-state index is 12.0. The van der Waals surface area contributed by atoms with Crippen LogP contribution in [0.25, 0.3) is 10.8 Å². The van der Waals surface area contributed by atoms with Crippen LogP contribution in [0, 0.1) is 0 Å². The number of benzene rings is 3. The van der Waals surface area contributed by atoms with Crippen molar-refractivity contribution in [1.29, 1.82) is 0 Å². The average Bonchev–Trinajstić information content (AvgIpc) is 3.09. The molecule has 1 heterocycles.